The zero-order chi connectivity index (χ0) is 18.5. The van der Waals surface area contributed by atoms with Gasteiger partial charge in [-0.15, -0.1) is 11.8 Å². The van der Waals surface area contributed by atoms with Crippen LogP contribution in [0.5, 0.6) is 0 Å². The number of carbonyl (C=O) groups excluding carboxylic acids is 1. The predicted molar refractivity (Wildman–Crippen MR) is 104 cm³/mol. The van der Waals surface area contributed by atoms with E-state index in [1.54, 1.807) is 23.9 Å². The first-order chi connectivity index (χ1) is 12.1. The first kappa shape index (κ1) is 21.3. The van der Waals surface area contributed by atoms with Crippen LogP contribution in [0.1, 0.15) is 27.2 Å². The Morgan fingerprint density at radius 1 is 1.16 bits per heavy atom. The molecule has 0 heterocycles. The molecule has 0 aliphatic rings. The lowest BCUT2D eigenvalue weighted by molar-refractivity contribution is -0.130. The summed E-state index contributed by atoms with van der Waals surface area (Å²) in [5.41, 5.74) is 0. The summed E-state index contributed by atoms with van der Waals surface area (Å²) >= 11 is 1.66. The summed E-state index contributed by atoms with van der Waals surface area (Å²) < 4.78 is 12.9. The molecule has 0 aromatic heterocycles. The van der Waals surface area contributed by atoms with Gasteiger partial charge in [0.1, 0.15) is 5.82 Å². The fourth-order valence-electron chi connectivity index (χ4n) is 2.21. The summed E-state index contributed by atoms with van der Waals surface area (Å²) in [6.07, 6.45) is 0.419. The molecule has 140 valence electrons. The highest BCUT2D eigenvalue weighted by molar-refractivity contribution is 7.99. The van der Waals surface area contributed by atoms with Crippen molar-refractivity contribution >= 4 is 23.6 Å². The molecule has 0 radical (unpaired) electrons. The first-order valence-electron chi connectivity index (χ1n) is 8.79. The Hall–Kier alpha value is -1.76. The Kier molecular flexibility index (Phi) is 10.7. The second-order valence-corrected chi connectivity index (χ2v) is 6.47. The summed E-state index contributed by atoms with van der Waals surface area (Å²) in [6.45, 7) is 9.40. The van der Waals surface area contributed by atoms with Crippen LogP contribution in [0.15, 0.2) is 34.2 Å². The zero-order valence-corrected chi connectivity index (χ0v) is 16.2. The van der Waals surface area contributed by atoms with E-state index >= 15 is 0 Å². The van der Waals surface area contributed by atoms with Gasteiger partial charge in [-0.05, 0) is 45.0 Å². The normalized spacial score (nSPS) is 11.3. The largest absolute Gasteiger partial charge is 0.357 e. The van der Waals surface area contributed by atoms with Gasteiger partial charge in [-0.3, -0.25) is 9.79 Å². The molecule has 1 aromatic rings. The van der Waals surface area contributed by atoms with E-state index in [9.17, 15) is 9.18 Å². The van der Waals surface area contributed by atoms with E-state index in [-0.39, 0.29) is 11.7 Å². The van der Waals surface area contributed by atoms with Crippen molar-refractivity contribution in [2.24, 2.45) is 4.99 Å². The average molecular weight is 369 g/mol. The minimum atomic E-state index is -0.219. The highest BCUT2D eigenvalue weighted by Crippen LogP contribution is 2.17. The molecule has 0 saturated heterocycles. The van der Waals surface area contributed by atoms with Gasteiger partial charge in [-0.2, -0.15) is 0 Å². The molecule has 0 saturated carbocycles. The molecule has 7 heteroatoms. The Labute approximate surface area is 154 Å². The second-order valence-electron chi connectivity index (χ2n) is 5.31. The molecule has 0 atom stereocenters. The van der Waals surface area contributed by atoms with Crippen LogP contribution in [0.2, 0.25) is 0 Å². The number of thioether (sulfide) groups is 1. The van der Waals surface area contributed by atoms with Crippen LogP contribution in [0.4, 0.5) is 4.39 Å². The minimum Gasteiger partial charge on any atom is -0.357 e. The number of carbonyl (C=O) groups is 1. The summed E-state index contributed by atoms with van der Waals surface area (Å²) in [7, 11) is 0. The molecule has 1 aromatic carbocycles. The van der Waals surface area contributed by atoms with E-state index < -0.39 is 0 Å². The fraction of sp³-hybridized carbons (Fsp3) is 0.556. The number of aliphatic imine (C=N–C) groups is 1. The van der Waals surface area contributed by atoms with Gasteiger partial charge in [-0.1, -0.05) is 0 Å². The Balaban J connectivity index is 2.34. The molecule has 0 spiro atoms. The zero-order valence-electron chi connectivity index (χ0n) is 15.3. The Morgan fingerprint density at radius 3 is 2.44 bits per heavy atom. The number of benzene rings is 1. The van der Waals surface area contributed by atoms with E-state index in [0.717, 1.165) is 42.8 Å². The molecule has 1 amide bonds. The number of rotatable bonds is 10. The maximum Gasteiger partial charge on any atom is 0.224 e. The molecule has 1 rings (SSSR count). The molecule has 0 aliphatic heterocycles. The van der Waals surface area contributed by atoms with Crippen LogP contribution in [0.25, 0.3) is 0 Å². The topological polar surface area (TPSA) is 56.7 Å². The maximum atomic E-state index is 12.9. The monoisotopic (exact) mass is 368 g/mol. The summed E-state index contributed by atoms with van der Waals surface area (Å²) in [5.74, 6) is 1.48. The van der Waals surface area contributed by atoms with Crippen LogP contribution in [-0.4, -0.2) is 55.2 Å². The minimum absolute atomic E-state index is 0.136. The van der Waals surface area contributed by atoms with Gasteiger partial charge in [0.25, 0.3) is 0 Å². The highest BCUT2D eigenvalue weighted by atomic mass is 32.2. The highest BCUT2D eigenvalue weighted by Gasteiger charge is 2.08. The number of nitrogens with zero attached hydrogens (tertiary/aromatic N) is 2. The van der Waals surface area contributed by atoms with E-state index in [2.05, 4.69) is 15.6 Å². The molecule has 2 N–H and O–H groups in total. The Morgan fingerprint density at radius 2 is 1.84 bits per heavy atom. The van der Waals surface area contributed by atoms with Crippen LogP contribution < -0.4 is 10.6 Å². The van der Waals surface area contributed by atoms with Crippen LogP contribution >= 0.6 is 11.8 Å². The van der Waals surface area contributed by atoms with Crippen molar-refractivity contribution in [3.8, 4) is 0 Å². The molecule has 25 heavy (non-hydrogen) atoms. The molecule has 0 aliphatic carbocycles. The van der Waals surface area contributed by atoms with Gasteiger partial charge in [0.05, 0.1) is 6.54 Å². The number of amides is 1. The maximum absolute atomic E-state index is 12.9. The van der Waals surface area contributed by atoms with Gasteiger partial charge in [0.2, 0.25) is 5.91 Å². The van der Waals surface area contributed by atoms with Crippen molar-refractivity contribution in [3.05, 3.63) is 30.1 Å². The average Bonchev–Trinajstić information content (AvgIpc) is 2.61. The Bertz CT molecular complexity index is 532. The van der Waals surface area contributed by atoms with Gasteiger partial charge in [0, 0.05) is 43.2 Å². The van der Waals surface area contributed by atoms with Crippen molar-refractivity contribution < 1.29 is 9.18 Å². The third-order valence-corrected chi connectivity index (χ3v) is 4.55. The summed E-state index contributed by atoms with van der Waals surface area (Å²) in [4.78, 5) is 19.3. The number of guanidine groups is 1. The van der Waals surface area contributed by atoms with Gasteiger partial charge in [-0.25, -0.2) is 4.39 Å². The number of hydrogen-bond donors (Lipinski definition) is 2. The quantitative estimate of drug-likeness (QED) is 0.289. The van der Waals surface area contributed by atoms with Crippen LogP contribution in [0.3, 0.4) is 0 Å². The molecule has 5 nitrogen and oxygen atoms in total. The van der Waals surface area contributed by atoms with Crippen molar-refractivity contribution in [1.82, 2.24) is 15.5 Å². The van der Waals surface area contributed by atoms with Crippen molar-refractivity contribution in [3.63, 3.8) is 0 Å². The SMILES string of the molecule is CCNC(=NCCC(=O)N(CC)CC)NCCSc1ccc(F)cc1. The molecular formula is C18H29FN4OS. The summed E-state index contributed by atoms with van der Waals surface area (Å²) in [5, 5.41) is 6.43. The number of hydrogen-bond acceptors (Lipinski definition) is 3. The second kappa shape index (κ2) is 12.6. The molecule has 0 fully saturated rings. The van der Waals surface area contributed by atoms with Crippen LogP contribution in [-0.2, 0) is 4.79 Å². The lowest BCUT2D eigenvalue weighted by Gasteiger charge is -2.18. The predicted octanol–water partition coefficient (Wildman–Crippen LogP) is 2.73. The molecule has 0 bridgehead atoms. The van der Waals surface area contributed by atoms with Crippen molar-refractivity contribution in [2.45, 2.75) is 32.1 Å². The van der Waals surface area contributed by atoms with Crippen molar-refractivity contribution in [1.29, 1.82) is 0 Å². The first-order valence-corrected chi connectivity index (χ1v) is 9.77. The van der Waals surface area contributed by atoms with E-state index in [1.807, 2.05) is 25.7 Å². The smallest absolute Gasteiger partial charge is 0.224 e. The molecular weight excluding hydrogens is 339 g/mol. The number of nitrogens with one attached hydrogen (secondary N) is 2. The standard InChI is InChI=1S/C18H29FN4OS/c1-4-20-18(21-12-11-17(24)23(5-2)6-3)22-13-14-25-16-9-7-15(19)8-10-16/h7-10H,4-6,11-14H2,1-3H3,(H2,20,21,22). The van der Waals surface area contributed by atoms with Crippen molar-refractivity contribution in [2.75, 3.05) is 38.5 Å². The third kappa shape index (κ3) is 8.77. The van der Waals surface area contributed by atoms with Crippen LogP contribution in [0, 0.1) is 5.82 Å². The third-order valence-electron chi connectivity index (χ3n) is 3.53. The van der Waals surface area contributed by atoms with E-state index in [0.29, 0.717) is 13.0 Å². The lowest BCUT2D eigenvalue weighted by Crippen LogP contribution is -2.38. The van der Waals surface area contributed by atoms with E-state index in [4.69, 9.17) is 0 Å². The summed E-state index contributed by atoms with van der Waals surface area (Å²) in [6, 6.07) is 6.48. The number of halogens is 1. The van der Waals surface area contributed by atoms with Gasteiger partial charge in [0.15, 0.2) is 5.96 Å². The lowest BCUT2D eigenvalue weighted by atomic mass is 10.3. The fourth-order valence-corrected chi connectivity index (χ4v) is 2.98. The van der Waals surface area contributed by atoms with Gasteiger partial charge < -0.3 is 15.5 Å². The molecule has 0 unspecified atom stereocenters. The van der Waals surface area contributed by atoms with E-state index in [1.165, 1.54) is 12.1 Å². The van der Waals surface area contributed by atoms with Gasteiger partial charge >= 0.3 is 0 Å².